The van der Waals surface area contributed by atoms with E-state index < -0.39 is 5.97 Å². The van der Waals surface area contributed by atoms with Crippen LogP contribution in [0, 0.1) is 5.92 Å². The summed E-state index contributed by atoms with van der Waals surface area (Å²) in [7, 11) is 0. The van der Waals surface area contributed by atoms with Crippen LogP contribution in [0.2, 0.25) is 0 Å². The minimum absolute atomic E-state index is 0.0332. The number of aromatic nitrogens is 1. The zero-order chi connectivity index (χ0) is 14.7. The van der Waals surface area contributed by atoms with Gasteiger partial charge in [-0.25, -0.2) is 9.78 Å². The van der Waals surface area contributed by atoms with Crippen LogP contribution in [0.4, 0.5) is 5.82 Å². The number of para-hydroxylation sites is 1. The maximum atomic E-state index is 11.4. The Bertz CT molecular complexity index is 626. The van der Waals surface area contributed by atoms with Crippen molar-refractivity contribution in [2.45, 2.75) is 19.9 Å². The van der Waals surface area contributed by atoms with E-state index in [1.165, 1.54) is 6.07 Å². The van der Waals surface area contributed by atoms with Crippen molar-refractivity contribution in [2.24, 2.45) is 5.92 Å². The van der Waals surface area contributed by atoms with Crippen molar-refractivity contribution in [3.05, 3.63) is 35.9 Å². The molecule has 5 heteroatoms. The molecule has 5 nitrogen and oxygen atoms in total. The molecule has 2 aromatic rings. The number of hydrogen-bond donors (Lipinski definition) is 3. The Labute approximate surface area is 117 Å². The van der Waals surface area contributed by atoms with Crippen LogP contribution in [-0.4, -0.2) is 33.8 Å². The average molecular weight is 274 g/mol. The van der Waals surface area contributed by atoms with E-state index in [9.17, 15) is 15.0 Å². The number of nitrogens with zero attached hydrogens (tertiary/aromatic N) is 1. The third-order valence-electron chi connectivity index (χ3n) is 3.28. The van der Waals surface area contributed by atoms with E-state index in [1.807, 2.05) is 19.9 Å². The summed E-state index contributed by atoms with van der Waals surface area (Å²) >= 11 is 0. The van der Waals surface area contributed by atoms with Gasteiger partial charge in [0.1, 0.15) is 5.82 Å². The Morgan fingerprint density at radius 2 is 2.05 bits per heavy atom. The first kappa shape index (κ1) is 14.3. The predicted molar refractivity (Wildman–Crippen MR) is 78.0 cm³/mol. The zero-order valence-electron chi connectivity index (χ0n) is 11.5. The summed E-state index contributed by atoms with van der Waals surface area (Å²) in [5.41, 5.74) is 0.828. The summed E-state index contributed by atoms with van der Waals surface area (Å²) in [6.45, 7) is 3.93. The summed E-state index contributed by atoms with van der Waals surface area (Å²) in [5.74, 6) is -0.313. The van der Waals surface area contributed by atoms with Gasteiger partial charge in [-0.2, -0.15) is 0 Å². The smallest absolute Gasteiger partial charge is 0.336 e. The van der Waals surface area contributed by atoms with Crippen LogP contribution in [0.5, 0.6) is 0 Å². The number of hydrogen-bond acceptors (Lipinski definition) is 4. The minimum Gasteiger partial charge on any atom is -0.478 e. The first-order chi connectivity index (χ1) is 9.52. The molecule has 1 heterocycles. The highest BCUT2D eigenvalue weighted by Gasteiger charge is 2.16. The average Bonchev–Trinajstić information content (AvgIpc) is 2.43. The second-order valence-corrected chi connectivity index (χ2v) is 5.05. The van der Waals surface area contributed by atoms with Crippen LogP contribution < -0.4 is 5.32 Å². The van der Waals surface area contributed by atoms with Crippen LogP contribution >= 0.6 is 0 Å². The summed E-state index contributed by atoms with van der Waals surface area (Å²) in [4.78, 5) is 15.8. The second-order valence-electron chi connectivity index (χ2n) is 5.05. The lowest BCUT2D eigenvalue weighted by atomic mass is 10.0. The van der Waals surface area contributed by atoms with Gasteiger partial charge in [0.2, 0.25) is 0 Å². The van der Waals surface area contributed by atoms with Crippen molar-refractivity contribution in [1.29, 1.82) is 0 Å². The van der Waals surface area contributed by atoms with Crippen LogP contribution in [-0.2, 0) is 0 Å². The molecule has 0 saturated heterocycles. The quantitative estimate of drug-likeness (QED) is 0.779. The van der Waals surface area contributed by atoms with Crippen molar-refractivity contribution in [2.75, 3.05) is 11.9 Å². The summed E-state index contributed by atoms with van der Waals surface area (Å²) in [6.07, 6.45) is 0. The summed E-state index contributed by atoms with van der Waals surface area (Å²) in [5, 5.41) is 22.3. The fourth-order valence-electron chi connectivity index (χ4n) is 2.04. The molecule has 0 radical (unpaired) electrons. The number of carboxylic acids is 1. The third kappa shape index (κ3) is 2.88. The predicted octanol–water partition coefficient (Wildman–Crippen LogP) is 2.36. The Morgan fingerprint density at radius 3 is 2.65 bits per heavy atom. The maximum absolute atomic E-state index is 11.4. The Kier molecular flexibility index (Phi) is 4.20. The molecule has 2 rings (SSSR count). The topological polar surface area (TPSA) is 82.5 Å². The molecule has 0 aliphatic heterocycles. The van der Waals surface area contributed by atoms with E-state index in [4.69, 9.17) is 0 Å². The van der Waals surface area contributed by atoms with Crippen molar-refractivity contribution in [1.82, 2.24) is 4.98 Å². The molecule has 3 N–H and O–H groups in total. The van der Waals surface area contributed by atoms with Gasteiger partial charge < -0.3 is 15.5 Å². The van der Waals surface area contributed by atoms with Crippen LogP contribution in [0.15, 0.2) is 30.3 Å². The van der Waals surface area contributed by atoms with Crippen molar-refractivity contribution in [3.8, 4) is 0 Å². The van der Waals surface area contributed by atoms with Gasteiger partial charge in [0.05, 0.1) is 23.7 Å². The van der Waals surface area contributed by atoms with Crippen molar-refractivity contribution >= 4 is 22.7 Å². The van der Waals surface area contributed by atoms with Crippen LogP contribution in [0.1, 0.15) is 24.2 Å². The number of nitrogens with one attached hydrogen (secondary N) is 1. The van der Waals surface area contributed by atoms with Gasteiger partial charge in [-0.05, 0) is 18.1 Å². The van der Waals surface area contributed by atoms with Gasteiger partial charge in [0.15, 0.2) is 0 Å². The van der Waals surface area contributed by atoms with E-state index >= 15 is 0 Å². The van der Waals surface area contributed by atoms with Gasteiger partial charge >= 0.3 is 5.97 Å². The molecule has 1 aromatic heterocycles. The highest BCUT2D eigenvalue weighted by Crippen LogP contribution is 2.22. The van der Waals surface area contributed by atoms with E-state index in [0.29, 0.717) is 16.7 Å². The molecule has 0 bridgehead atoms. The molecule has 1 atom stereocenters. The van der Waals surface area contributed by atoms with Crippen LogP contribution in [0.3, 0.4) is 0 Å². The van der Waals surface area contributed by atoms with Gasteiger partial charge in [0, 0.05) is 5.39 Å². The number of aliphatic hydroxyl groups is 1. The van der Waals surface area contributed by atoms with Gasteiger partial charge in [-0.1, -0.05) is 32.0 Å². The van der Waals surface area contributed by atoms with Gasteiger partial charge in [-0.3, -0.25) is 0 Å². The summed E-state index contributed by atoms with van der Waals surface area (Å²) in [6, 6.07) is 8.46. The number of rotatable bonds is 5. The molecule has 0 aliphatic rings. The Morgan fingerprint density at radius 1 is 1.35 bits per heavy atom. The molecule has 1 aromatic carbocycles. The van der Waals surface area contributed by atoms with Gasteiger partial charge in [0.25, 0.3) is 0 Å². The monoisotopic (exact) mass is 274 g/mol. The molecule has 106 valence electrons. The Hall–Kier alpha value is -2.14. The number of carboxylic acid groups (broad SMARTS) is 1. The number of aromatic carboxylic acids is 1. The standard InChI is InChI=1S/C15H18N2O3/c1-9(2)13(8-18)17-14-7-11(15(19)20)10-5-3-4-6-12(10)16-14/h3-7,9,13,18H,8H2,1-2H3,(H,16,17)(H,19,20)/t13-/m1/s1. The number of carbonyl (C=O) groups is 1. The maximum Gasteiger partial charge on any atom is 0.336 e. The normalized spacial score (nSPS) is 12.6. The first-order valence-corrected chi connectivity index (χ1v) is 6.53. The van der Waals surface area contributed by atoms with E-state index in [1.54, 1.807) is 18.2 Å². The molecule has 0 fully saturated rings. The molecular formula is C15H18N2O3. The Balaban J connectivity index is 2.47. The number of anilines is 1. The lowest BCUT2D eigenvalue weighted by molar-refractivity contribution is 0.0699. The SMILES string of the molecule is CC(C)[C@@H](CO)Nc1cc(C(=O)O)c2ccccc2n1. The molecular weight excluding hydrogens is 256 g/mol. The van der Waals surface area contributed by atoms with Crippen molar-refractivity contribution < 1.29 is 15.0 Å². The number of pyridine rings is 1. The summed E-state index contributed by atoms with van der Waals surface area (Å²) < 4.78 is 0. The lowest BCUT2D eigenvalue weighted by Gasteiger charge is -2.21. The molecule has 0 saturated carbocycles. The third-order valence-corrected chi connectivity index (χ3v) is 3.28. The number of fused-ring (bicyclic) bond motifs is 1. The second kappa shape index (κ2) is 5.88. The van der Waals surface area contributed by atoms with E-state index in [-0.39, 0.29) is 24.1 Å². The molecule has 0 unspecified atom stereocenters. The fourth-order valence-corrected chi connectivity index (χ4v) is 2.04. The fraction of sp³-hybridized carbons (Fsp3) is 0.333. The largest absolute Gasteiger partial charge is 0.478 e. The highest BCUT2D eigenvalue weighted by atomic mass is 16.4. The highest BCUT2D eigenvalue weighted by molar-refractivity contribution is 6.03. The number of aliphatic hydroxyl groups excluding tert-OH is 1. The molecule has 0 aliphatic carbocycles. The first-order valence-electron chi connectivity index (χ1n) is 6.53. The number of benzene rings is 1. The molecule has 0 amide bonds. The zero-order valence-corrected chi connectivity index (χ0v) is 11.5. The van der Waals surface area contributed by atoms with Gasteiger partial charge in [-0.15, -0.1) is 0 Å². The lowest BCUT2D eigenvalue weighted by Crippen LogP contribution is -2.30. The van der Waals surface area contributed by atoms with E-state index in [2.05, 4.69) is 10.3 Å². The van der Waals surface area contributed by atoms with Crippen LogP contribution in [0.25, 0.3) is 10.9 Å². The van der Waals surface area contributed by atoms with Crippen molar-refractivity contribution in [3.63, 3.8) is 0 Å². The van der Waals surface area contributed by atoms with E-state index in [0.717, 1.165) is 0 Å². The molecule has 20 heavy (non-hydrogen) atoms. The molecule has 0 spiro atoms. The minimum atomic E-state index is -0.989.